The minimum Gasteiger partial charge on any atom is -0.480 e. The van der Waals surface area contributed by atoms with Gasteiger partial charge in [0.25, 0.3) is 0 Å². The molecule has 0 aliphatic heterocycles. The van der Waals surface area contributed by atoms with E-state index in [4.69, 9.17) is 5.73 Å². The average Bonchev–Trinajstić information content (AvgIpc) is 2.99. The van der Waals surface area contributed by atoms with Crippen LogP contribution >= 0.6 is 0 Å². The Kier molecular flexibility index (Phi) is 3.18. The number of aryl methyl sites for hydroxylation is 1. The first kappa shape index (κ1) is 14.0. The van der Waals surface area contributed by atoms with Gasteiger partial charge in [0.15, 0.2) is 9.84 Å². The molecule has 0 amide bonds. The molecular weight excluding hydrogens is 266 g/mol. The van der Waals surface area contributed by atoms with Gasteiger partial charge in [-0.25, -0.2) is 8.42 Å². The highest BCUT2D eigenvalue weighted by Gasteiger charge is 2.73. The molecule has 1 aromatic rings. The lowest BCUT2D eigenvalue weighted by Crippen LogP contribution is -2.40. The number of hydrogen-bond donors (Lipinski definition) is 2. The molecule has 0 heterocycles. The van der Waals surface area contributed by atoms with Crippen molar-refractivity contribution in [2.24, 2.45) is 5.73 Å². The predicted octanol–water partition coefficient (Wildman–Crippen LogP) is 0.678. The molecule has 0 spiro atoms. The van der Waals surface area contributed by atoms with Crippen LogP contribution < -0.4 is 5.73 Å². The van der Waals surface area contributed by atoms with Crippen molar-refractivity contribution in [2.75, 3.05) is 5.75 Å². The Morgan fingerprint density at radius 2 is 1.89 bits per heavy atom. The number of carboxylic acids is 1. The smallest absolute Gasteiger partial charge is 0.325 e. The Morgan fingerprint density at radius 3 is 2.32 bits per heavy atom. The predicted molar refractivity (Wildman–Crippen MR) is 71.7 cm³/mol. The first-order chi connectivity index (χ1) is 8.75. The number of hydrogen-bond acceptors (Lipinski definition) is 4. The summed E-state index contributed by atoms with van der Waals surface area (Å²) in [6, 6.07) is 7.14. The van der Waals surface area contributed by atoms with Crippen LogP contribution in [0.4, 0.5) is 0 Å². The summed E-state index contributed by atoms with van der Waals surface area (Å²) < 4.78 is 24.0. The van der Waals surface area contributed by atoms with E-state index in [1.54, 1.807) is 12.1 Å². The van der Waals surface area contributed by atoms with E-state index in [1.807, 2.05) is 19.1 Å². The number of sulfone groups is 1. The van der Waals surface area contributed by atoms with Crippen LogP contribution in [-0.2, 0) is 14.6 Å². The minimum atomic E-state index is -3.49. The van der Waals surface area contributed by atoms with Crippen molar-refractivity contribution in [3.8, 4) is 0 Å². The van der Waals surface area contributed by atoms with Gasteiger partial charge >= 0.3 is 5.97 Å². The zero-order valence-electron chi connectivity index (χ0n) is 10.8. The molecule has 0 aromatic heterocycles. The summed E-state index contributed by atoms with van der Waals surface area (Å²) in [6.45, 7) is 3.41. The Hall–Kier alpha value is -1.40. The maximum absolute atomic E-state index is 12.0. The molecule has 3 atom stereocenters. The van der Waals surface area contributed by atoms with Crippen molar-refractivity contribution >= 4 is 15.8 Å². The van der Waals surface area contributed by atoms with Gasteiger partial charge in [0, 0.05) is 11.7 Å². The standard InChI is InChI=1S/C13H17NO4S/c1-3-19(17,18)11-10(13(11,14)12(15)16)9-6-4-8(2)5-7-9/h4-7,10-11H,3,14H2,1-2H3,(H,15,16)/t10-,11+,13+/m0/s1. The van der Waals surface area contributed by atoms with Gasteiger partial charge in [0.2, 0.25) is 0 Å². The summed E-state index contributed by atoms with van der Waals surface area (Å²) in [5.74, 6) is -2.04. The second kappa shape index (κ2) is 4.31. The Balaban J connectivity index is 2.45. The zero-order valence-corrected chi connectivity index (χ0v) is 11.6. The monoisotopic (exact) mass is 283 g/mol. The third-order valence-electron chi connectivity index (χ3n) is 3.78. The normalized spacial score (nSPS) is 30.1. The first-order valence-corrected chi connectivity index (χ1v) is 7.77. The van der Waals surface area contributed by atoms with Gasteiger partial charge in [-0.1, -0.05) is 36.8 Å². The lowest BCUT2D eigenvalue weighted by Gasteiger charge is -2.05. The van der Waals surface area contributed by atoms with E-state index >= 15 is 0 Å². The lowest BCUT2D eigenvalue weighted by molar-refractivity contribution is -0.139. The van der Waals surface area contributed by atoms with Gasteiger partial charge in [-0.2, -0.15) is 0 Å². The van der Waals surface area contributed by atoms with Gasteiger partial charge in [-0.05, 0) is 12.5 Å². The number of rotatable bonds is 4. The Bertz CT molecular complexity index is 608. The molecule has 3 N–H and O–H groups in total. The third kappa shape index (κ3) is 2.04. The Labute approximate surface area is 112 Å². The lowest BCUT2D eigenvalue weighted by atomic mass is 10.1. The second-order valence-electron chi connectivity index (χ2n) is 5.00. The van der Waals surface area contributed by atoms with Gasteiger partial charge in [0.1, 0.15) is 5.54 Å². The van der Waals surface area contributed by atoms with E-state index in [0.717, 1.165) is 5.56 Å². The van der Waals surface area contributed by atoms with Crippen LogP contribution in [0.2, 0.25) is 0 Å². The molecule has 0 saturated heterocycles. The highest BCUT2D eigenvalue weighted by Crippen LogP contribution is 2.54. The number of benzene rings is 1. The van der Waals surface area contributed by atoms with Crippen LogP contribution in [0.25, 0.3) is 0 Å². The van der Waals surface area contributed by atoms with Gasteiger partial charge in [0.05, 0.1) is 5.25 Å². The van der Waals surface area contributed by atoms with Crippen LogP contribution in [0.15, 0.2) is 24.3 Å². The molecule has 1 aliphatic carbocycles. The number of carboxylic acid groups (broad SMARTS) is 1. The van der Waals surface area contributed by atoms with Crippen LogP contribution in [-0.4, -0.2) is 36.0 Å². The van der Waals surface area contributed by atoms with Crippen molar-refractivity contribution in [2.45, 2.75) is 30.6 Å². The quantitative estimate of drug-likeness (QED) is 0.846. The maximum Gasteiger partial charge on any atom is 0.325 e. The SMILES string of the molecule is CCS(=O)(=O)[C@@H]1[C@H](c2ccc(C)cc2)[C@]1(N)C(=O)O. The van der Waals surface area contributed by atoms with Crippen molar-refractivity contribution in [3.63, 3.8) is 0 Å². The fourth-order valence-electron chi connectivity index (χ4n) is 2.54. The fraction of sp³-hybridized carbons (Fsp3) is 0.462. The van der Waals surface area contributed by atoms with Gasteiger partial charge in [-0.3, -0.25) is 4.79 Å². The molecule has 0 unspecified atom stereocenters. The van der Waals surface area contributed by atoms with Gasteiger partial charge in [-0.15, -0.1) is 0 Å². The molecular formula is C13H17NO4S. The van der Waals surface area contributed by atoms with E-state index in [1.165, 1.54) is 6.92 Å². The second-order valence-corrected chi connectivity index (χ2v) is 7.41. The van der Waals surface area contributed by atoms with Crippen molar-refractivity contribution in [1.29, 1.82) is 0 Å². The van der Waals surface area contributed by atoms with Crippen molar-refractivity contribution in [3.05, 3.63) is 35.4 Å². The Morgan fingerprint density at radius 1 is 1.37 bits per heavy atom. The van der Waals surface area contributed by atoms with E-state index in [-0.39, 0.29) is 5.75 Å². The van der Waals surface area contributed by atoms with E-state index in [0.29, 0.717) is 5.56 Å². The largest absolute Gasteiger partial charge is 0.480 e. The van der Waals surface area contributed by atoms with Crippen molar-refractivity contribution < 1.29 is 18.3 Å². The highest BCUT2D eigenvalue weighted by atomic mass is 32.2. The van der Waals surface area contributed by atoms with Crippen molar-refractivity contribution in [1.82, 2.24) is 0 Å². The summed E-state index contributed by atoms with van der Waals surface area (Å²) in [6.07, 6.45) is 0. The van der Waals surface area contributed by atoms with Crippen LogP contribution in [0, 0.1) is 6.92 Å². The number of aliphatic carboxylic acids is 1. The molecule has 1 fully saturated rings. The fourth-order valence-corrected chi connectivity index (χ4v) is 4.46. The number of nitrogens with two attached hydrogens (primary N) is 1. The molecule has 6 heteroatoms. The summed E-state index contributed by atoms with van der Waals surface area (Å²) in [7, 11) is -3.49. The van der Waals surface area contributed by atoms with Crippen LogP contribution in [0.1, 0.15) is 24.0 Å². The average molecular weight is 283 g/mol. The van der Waals surface area contributed by atoms with E-state index in [2.05, 4.69) is 0 Å². The molecule has 0 radical (unpaired) electrons. The topological polar surface area (TPSA) is 97.5 Å². The minimum absolute atomic E-state index is 0.105. The molecule has 2 rings (SSSR count). The first-order valence-electron chi connectivity index (χ1n) is 6.05. The van der Waals surface area contributed by atoms with Gasteiger partial charge < -0.3 is 10.8 Å². The summed E-state index contributed by atoms with van der Waals surface area (Å²) in [5.41, 5.74) is 5.82. The molecule has 1 aliphatic rings. The molecule has 5 nitrogen and oxygen atoms in total. The maximum atomic E-state index is 12.0. The zero-order chi connectivity index (χ0) is 14.4. The highest BCUT2D eigenvalue weighted by molar-refractivity contribution is 7.92. The summed E-state index contributed by atoms with van der Waals surface area (Å²) in [4.78, 5) is 11.3. The van der Waals surface area contributed by atoms with Crippen LogP contribution in [0.3, 0.4) is 0 Å². The van der Waals surface area contributed by atoms with E-state index < -0.39 is 32.5 Å². The molecule has 1 saturated carbocycles. The van der Waals surface area contributed by atoms with E-state index in [9.17, 15) is 18.3 Å². The molecule has 104 valence electrons. The number of carbonyl (C=O) groups is 1. The molecule has 0 bridgehead atoms. The molecule has 19 heavy (non-hydrogen) atoms. The molecule has 1 aromatic carbocycles. The summed E-state index contributed by atoms with van der Waals surface area (Å²) in [5, 5.41) is 8.20. The third-order valence-corrected chi connectivity index (χ3v) is 6.02. The summed E-state index contributed by atoms with van der Waals surface area (Å²) >= 11 is 0. The van der Waals surface area contributed by atoms with Crippen LogP contribution in [0.5, 0.6) is 0 Å².